The van der Waals surface area contributed by atoms with E-state index in [1.165, 1.54) is 0 Å². The van der Waals surface area contributed by atoms with E-state index in [9.17, 15) is 4.79 Å². The van der Waals surface area contributed by atoms with Gasteiger partial charge in [-0.25, -0.2) is 0 Å². The molecule has 0 N–H and O–H groups in total. The number of hydrogen-bond acceptors (Lipinski definition) is 5. The van der Waals surface area contributed by atoms with Crippen LogP contribution in [0.5, 0.6) is 0 Å². The highest BCUT2D eigenvalue weighted by Crippen LogP contribution is 2.19. The first-order chi connectivity index (χ1) is 8.84. The third-order valence-corrected chi connectivity index (χ3v) is 4.24. The maximum absolute atomic E-state index is 11.7. The van der Waals surface area contributed by atoms with Crippen LogP contribution in [-0.4, -0.2) is 27.3 Å². The Labute approximate surface area is 114 Å². The lowest BCUT2D eigenvalue weighted by molar-refractivity contribution is -0.114. The van der Waals surface area contributed by atoms with E-state index in [1.807, 2.05) is 24.3 Å². The van der Waals surface area contributed by atoms with Gasteiger partial charge in [-0.15, -0.1) is 23.5 Å². The summed E-state index contributed by atoms with van der Waals surface area (Å²) in [4.78, 5) is 21.7. The Kier molecular flexibility index (Phi) is 5.23. The highest BCUT2D eigenvalue weighted by molar-refractivity contribution is 8.01. The van der Waals surface area contributed by atoms with Crippen molar-refractivity contribution >= 4 is 29.3 Å². The summed E-state index contributed by atoms with van der Waals surface area (Å²) in [6, 6.07) is 7.64. The number of carbonyl (C=O) groups is 1. The Balaban J connectivity index is 1.73. The van der Waals surface area contributed by atoms with E-state index in [2.05, 4.69) is 9.97 Å². The lowest BCUT2D eigenvalue weighted by atomic mass is 10.5. The van der Waals surface area contributed by atoms with E-state index in [0.717, 1.165) is 9.79 Å². The van der Waals surface area contributed by atoms with Gasteiger partial charge >= 0.3 is 0 Å². The molecule has 0 radical (unpaired) electrons. The van der Waals surface area contributed by atoms with Crippen molar-refractivity contribution < 1.29 is 4.79 Å². The molecule has 0 aliphatic heterocycles. The van der Waals surface area contributed by atoms with Crippen LogP contribution in [0.3, 0.4) is 0 Å². The maximum atomic E-state index is 11.7. The van der Waals surface area contributed by atoms with Gasteiger partial charge in [0.25, 0.3) is 0 Å². The molecule has 0 fully saturated rings. The quantitative estimate of drug-likeness (QED) is 0.759. The normalized spacial score (nSPS) is 10.2. The number of hydrogen-bond donors (Lipinski definition) is 0. The zero-order chi connectivity index (χ0) is 12.6. The molecule has 0 amide bonds. The van der Waals surface area contributed by atoms with Crippen LogP contribution in [-0.2, 0) is 4.79 Å². The molecule has 0 spiro atoms. The predicted molar refractivity (Wildman–Crippen MR) is 74.9 cm³/mol. The molecule has 3 nitrogen and oxygen atoms in total. The molecule has 18 heavy (non-hydrogen) atoms. The first-order valence-corrected chi connectivity index (χ1v) is 7.39. The SMILES string of the molecule is O=C(CSc1ccncc1)CSc1ccncc1. The third-order valence-electron chi connectivity index (χ3n) is 2.10. The van der Waals surface area contributed by atoms with E-state index in [-0.39, 0.29) is 5.78 Å². The molecule has 0 bridgehead atoms. The molecule has 5 heteroatoms. The minimum Gasteiger partial charge on any atom is -0.298 e. The average molecular weight is 276 g/mol. The second-order valence-electron chi connectivity index (χ2n) is 3.48. The van der Waals surface area contributed by atoms with Gasteiger partial charge in [0, 0.05) is 34.6 Å². The van der Waals surface area contributed by atoms with Crippen LogP contribution in [0.15, 0.2) is 58.8 Å². The highest BCUT2D eigenvalue weighted by Gasteiger charge is 2.04. The van der Waals surface area contributed by atoms with Gasteiger partial charge in [-0.2, -0.15) is 0 Å². The van der Waals surface area contributed by atoms with E-state index in [4.69, 9.17) is 0 Å². The molecule has 0 saturated heterocycles. The summed E-state index contributed by atoms with van der Waals surface area (Å²) in [5, 5.41) is 0. The van der Waals surface area contributed by atoms with Crippen molar-refractivity contribution in [1.29, 1.82) is 0 Å². The topological polar surface area (TPSA) is 42.9 Å². The minimum absolute atomic E-state index is 0.235. The lowest BCUT2D eigenvalue weighted by Gasteiger charge is -2.01. The second-order valence-corrected chi connectivity index (χ2v) is 5.58. The lowest BCUT2D eigenvalue weighted by Crippen LogP contribution is -2.04. The maximum Gasteiger partial charge on any atom is 0.153 e. The minimum atomic E-state index is 0.235. The highest BCUT2D eigenvalue weighted by atomic mass is 32.2. The number of Topliss-reactive ketones (excluding diaryl/α,β-unsaturated/α-hetero) is 1. The third kappa shape index (κ3) is 4.50. The number of ketones is 1. The molecule has 2 aromatic rings. The molecule has 2 aromatic heterocycles. The Morgan fingerprint density at radius 1 is 0.833 bits per heavy atom. The molecule has 2 rings (SSSR count). The van der Waals surface area contributed by atoms with Crippen molar-refractivity contribution in [2.45, 2.75) is 9.79 Å². The van der Waals surface area contributed by atoms with E-state index in [0.29, 0.717) is 11.5 Å². The van der Waals surface area contributed by atoms with Crippen LogP contribution in [0.1, 0.15) is 0 Å². The average Bonchev–Trinajstić information content (AvgIpc) is 2.45. The first-order valence-electron chi connectivity index (χ1n) is 5.42. The van der Waals surface area contributed by atoms with Crippen molar-refractivity contribution in [1.82, 2.24) is 9.97 Å². The summed E-state index contributed by atoms with van der Waals surface area (Å²) in [5.41, 5.74) is 0. The molecule has 92 valence electrons. The number of rotatable bonds is 6. The van der Waals surface area contributed by atoms with Crippen molar-refractivity contribution in [2.75, 3.05) is 11.5 Å². The van der Waals surface area contributed by atoms with Crippen molar-refractivity contribution in [3.05, 3.63) is 49.1 Å². The Bertz CT molecular complexity index is 445. The van der Waals surface area contributed by atoms with Gasteiger partial charge in [0.15, 0.2) is 5.78 Å². The monoisotopic (exact) mass is 276 g/mol. The number of aromatic nitrogens is 2. The Morgan fingerprint density at radius 3 is 1.61 bits per heavy atom. The summed E-state index contributed by atoms with van der Waals surface area (Å²) in [7, 11) is 0. The fourth-order valence-corrected chi connectivity index (χ4v) is 2.86. The molecule has 0 aliphatic rings. The van der Waals surface area contributed by atoms with Gasteiger partial charge in [0.1, 0.15) is 0 Å². The van der Waals surface area contributed by atoms with E-state index in [1.54, 1.807) is 48.3 Å². The summed E-state index contributed by atoms with van der Waals surface area (Å²) >= 11 is 3.10. The predicted octanol–water partition coefficient (Wildman–Crippen LogP) is 2.93. The summed E-state index contributed by atoms with van der Waals surface area (Å²) in [6.45, 7) is 0. The molecule has 0 saturated carbocycles. The van der Waals surface area contributed by atoms with Gasteiger partial charge in [0.2, 0.25) is 0 Å². The standard InChI is InChI=1S/C13H12N2OS2/c16-11(9-17-12-1-5-14-6-2-12)10-18-13-3-7-15-8-4-13/h1-8H,9-10H2. The summed E-state index contributed by atoms with van der Waals surface area (Å²) in [5.74, 6) is 1.24. The summed E-state index contributed by atoms with van der Waals surface area (Å²) in [6.07, 6.45) is 6.94. The number of nitrogens with zero attached hydrogens (tertiary/aromatic N) is 2. The fraction of sp³-hybridized carbons (Fsp3) is 0.154. The number of thioether (sulfide) groups is 2. The van der Waals surface area contributed by atoms with Gasteiger partial charge in [-0.05, 0) is 24.3 Å². The van der Waals surface area contributed by atoms with Crippen LogP contribution >= 0.6 is 23.5 Å². The van der Waals surface area contributed by atoms with Crippen molar-refractivity contribution in [2.24, 2.45) is 0 Å². The van der Waals surface area contributed by atoms with E-state index < -0.39 is 0 Å². The van der Waals surface area contributed by atoms with Crippen LogP contribution in [0.25, 0.3) is 0 Å². The molecular formula is C13H12N2OS2. The molecule has 0 aromatic carbocycles. The van der Waals surface area contributed by atoms with Gasteiger partial charge < -0.3 is 0 Å². The first kappa shape index (κ1) is 13.1. The fourth-order valence-electron chi connectivity index (χ4n) is 1.24. The molecular weight excluding hydrogens is 264 g/mol. The zero-order valence-corrected chi connectivity index (χ0v) is 11.3. The summed E-state index contributed by atoms with van der Waals surface area (Å²) < 4.78 is 0. The number of carbonyl (C=O) groups excluding carboxylic acids is 1. The van der Waals surface area contributed by atoms with E-state index >= 15 is 0 Å². The van der Waals surface area contributed by atoms with Gasteiger partial charge in [-0.3, -0.25) is 14.8 Å². The Morgan fingerprint density at radius 2 is 1.22 bits per heavy atom. The second kappa shape index (κ2) is 7.18. The molecule has 0 aliphatic carbocycles. The van der Waals surface area contributed by atoms with Crippen molar-refractivity contribution in [3.63, 3.8) is 0 Å². The zero-order valence-electron chi connectivity index (χ0n) is 9.65. The van der Waals surface area contributed by atoms with Crippen LogP contribution in [0, 0.1) is 0 Å². The van der Waals surface area contributed by atoms with Crippen LogP contribution < -0.4 is 0 Å². The van der Waals surface area contributed by atoms with Gasteiger partial charge in [-0.1, -0.05) is 0 Å². The molecule has 0 unspecified atom stereocenters. The van der Waals surface area contributed by atoms with Crippen LogP contribution in [0.4, 0.5) is 0 Å². The number of pyridine rings is 2. The van der Waals surface area contributed by atoms with Gasteiger partial charge in [0.05, 0.1) is 11.5 Å². The molecule has 2 heterocycles. The largest absolute Gasteiger partial charge is 0.298 e. The molecule has 0 atom stereocenters. The van der Waals surface area contributed by atoms with Crippen LogP contribution in [0.2, 0.25) is 0 Å². The Hall–Kier alpha value is -1.33. The smallest absolute Gasteiger partial charge is 0.153 e. The van der Waals surface area contributed by atoms with Crippen molar-refractivity contribution in [3.8, 4) is 0 Å².